The SMILES string of the molecule is COc1ccc(Cl)cc1-c1ccc(C(=O)O)cc1Cl. The minimum Gasteiger partial charge on any atom is -0.496 e. The van der Waals surface area contributed by atoms with Gasteiger partial charge in [0.05, 0.1) is 12.7 Å². The number of rotatable bonds is 3. The predicted molar refractivity (Wildman–Crippen MR) is 75.4 cm³/mol. The quantitative estimate of drug-likeness (QED) is 0.915. The zero-order valence-corrected chi connectivity index (χ0v) is 11.5. The van der Waals surface area contributed by atoms with Gasteiger partial charge in [0, 0.05) is 21.2 Å². The summed E-state index contributed by atoms with van der Waals surface area (Å²) in [5.74, 6) is -0.402. The van der Waals surface area contributed by atoms with Crippen LogP contribution < -0.4 is 4.74 Å². The highest BCUT2D eigenvalue weighted by Crippen LogP contribution is 2.36. The average Bonchev–Trinajstić information content (AvgIpc) is 2.38. The Morgan fingerprint density at radius 1 is 1.11 bits per heavy atom. The molecule has 0 heterocycles. The monoisotopic (exact) mass is 296 g/mol. The van der Waals surface area contributed by atoms with E-state index in [0.29, 0.717) is 21.4 Å². The molecule has 0 aliphatic carbocycles. The molecule has 0 spiro atoms. The van der Waals surface area contributed by atoms with Crippen molar-refractivity contribution in [1.29, 1.82) is 0 Å². The van der Waals surface area contributed by atoms with E-state index in [1.807, 2.05) is 0 Å². The third kappa shape index (κ3) is 2.83. The number of carbonyl (C=O) groups is 1. The highest BCUT2D eigenvalue weighted by Gasteiger charge is 2.12. The second kappa shape index (κ2) is 5.51. The zero-order valence-electron chi connectivity index (χ0n) is 9.98. The Morgan fingerprint density at radius 2 is 1.84 bits per heavy atom. The molecule has 0 aromatic heterocycles. The second-order valence-corrected chi connectivity index (χ2v) is 4.69. The van der Waals surface area contributed by atoms with Gasteiger partial charge in [-0.05, 0) is 30.3 Å². The molecule has 0 radical (unpaired) electrons. The van der Waals surface area contributed by atoms with Gasteiger partial charge in [0.15, 0.2) is 0 Å². The van der Waals surface area contributed by atoms with Gasteiger partial charge in [0.2, 0.25) is 0 Å². The van der Waals surface area contributed by atoms with E-state index in [9.17, 15) is 4.79 Å². The summed E-state index contributed by atoms with van der Waals surface area (Å²) < 4.78 is 5.25. The van der Waals surface area contributed by atoms with Gasteiger partial charge in [-0.3, -0.25) is 0 Å². The first kappa shape index (κ1) is 13.7. The van der Waals surface area contributed by atoms with Crippen molar-refractivity contribution in [3.8, 4) is 16.9 Å². The van der Waals surface area contributed by atoms with Crippen LogP contribution in [-0.2, 0) is 0 Å². The number of benzene rings is 2. The van der Waals surface area contributed by atoms with Gasteiger partial charge in [-0.2, -0.15) is 0 Å². The molecule has 0 saturated heterocycles. The minimum absolute atomic E-state index is 0.134. The smallest absolute Gasteiger partial charge is 0.335 e. The van der Waals surface area contributed by atoms with Crippen LogP contribution in [0.25, 0.3) is 11.1 Å². The Hall–Kier alpha value is -1.71. The number of hydrogen-bond donors (Lipinski definition) is 1. The normalized spacial score (nSPS) is 10.3. The topological polar surface area (TPSA) is 46.5 Å². The van der Waals surface area contributed by atoms with Crippen LogP contribution in [-0.4, -0.2) is 18.2 Å². The number of carboxylic acids is 1. The van der Waals surface area contributed by atoms with Crippen molar-refractivity contribution < 1.29 is 14.6 Å². The molecule has 0 amide bonds. The summed E-state index contributed by atoms with van der Waals surface area (Å²) in [6.45, 7) is 0. The van der Waals surface area contributed by atoms with E-state index in [1.165, 1.54) is 12.1 Å². The Kier molecular flexibility index (Phi) is 3.98. The van der Waals surface area contributed by atoms with Crippen molar-refractivity contribution in [3.05, 3.63) is 52.0 Å². The Bertz CT molecular complexity index is 639. The van der Waals surface area contributed by atoms with Gasteiger partial charge in [0.25, 0.3) is 0 Å². The summed E-state index contributed by atoms with van der Waals surface area (Å²) in [6, 6.07) is 9.70. The lowest BCUT2D eigenvalue weighted by molar-refractivity contribution is 0.0697. The maximum atomic E-state index is 10.9. The van der Waals surface area contributed by atoms with Crippen LogP contribution >= 0.6 is 23.2 Å². The Morgan fingerprint density at radius 3 is 2.42 bits per heavy atom. The highest BCUT2D eigenvalue weighted by molar-refractivity contribution is 6.34. The number of carboxylic acid groups (broad SMARTS) is 1. The van der Waals surface area contributed by atoms with Crippen molar-refractivity contribution >= 4 is 29.2 Å². The van der Waals surface area contributed by atoms with E-state index in [1.54, 1.807) is 31.4 Å². The first-order valence-electron chi connectivity index (χ1n) is 5.39. The molecule has 0 saturated carbocycles. The van der Waals surface area contributed by atoms with E-state index in [-0.39, 0.29) is 5.56 Å². The maximum absolute atomic E-state index is 10.9. The van der Waals surface area contributed by atoms with Crippen LogP contribution in [0.1, 0.15) is 10.4 Å². The number of ether oxygens (including phenoxy) is 1. The van der Waals surface area contributed by atoms with Gasteiger partial charge in [-0.1, -0.05) is 29.3 Å². The molecular weight excluding hydrogens is 287 g/mol. The number of halogens is 2. The summed E-state index contributed by atoms with van der Waals surface area (Å²) in [5.41, 5.74) is 1.53. The van der Waals surface area contributed by atoms with Crippen molar-refractivity contribution in [2.24, 2.45) is 0 Å². The second-order valence-electron chi connectivity index (χ2n) is 3.84. The highest BCUT2D eigenvalue weighted by atomic mass is 35.5. The first-order valence-corrected chi connectivity index (χ1v) is 6.15. The van der Waals surface area contributed by atoms with Crippen LogP contribution in [0.4, 0.5) is 0 Å². The summed E-state index contributed by atoms with van der Waals surface area (Å²) in [6.07, 6.45) is 0. The number of hydrogen-bond acceptors (Lipinski definition) is 2. The molecule has 0 unspecified atom stereocenters. The lowest BCUT2D eigenvalue weighted by atomic mass is 10.0. The third-order valence-corrected chi connectivity index (χ3v) is 3.22. The lowest BCUT2D eigenvalue weighted by Crippen LogP contribution is -1.96. The molecule has 0 fully saturated rings. The van der Waals surface area contributed by atoms with Gasteiger partial charge in [-0.15, -0.1) is 0 Å². The van der Waals surface area contributed by atoms with E-state index < -0.39 is 5.97 Å². The summed E-state index contributed by atoms with van der Waals surface area (Å²) in [7, 11) is 1.55. The molecule has 0 atom stereocenters. The lowest BCUT2D eigenvalue weighted by Gasteiger charge is -2.11. The fourth-order valence-corrected chi connectivity index (χ4v) is 2.21. The van der Waals surface area contributed by atoms with Gasteiger partial charge in [-0.25, -0.2) is 4.79 Å². The summed E-state index contributed by atoms with van der Waals surface area (Å²) in [5, 5.41) is 9.80. The third-order valence-electron chi connectivity index (χ3n) is 2.67. The van der Waals surface area contributed by atoms with E-state index >= 15 is 0 Å². The molecule has 2 aromatic rings. The van der Waals surface area contributed by atoms with Crippen molar-refractivity contribution in [2.45, 2.75) is 0 Å². The molecule has 2 aromatic carbocycles. The van der Waals surface area contributed by atoms with Gasteiger partial charge >= 0.3 is 5.97 Å². The van der Waals surface area contributed by atoms with Crippen molar-refractivity contribution in [3.63, 3.8) is 0 Å². The average molecular weight is 297 g/mol. The first-order chi connectivity index (χ1) is 9.02. The molecule has 19 heavy (non-hydrogen) atoms. The van der Waals surface area contributed by atoms with E-state index in [0.717, 1.165) is 5.56 Å². The molecule has 0 bridgehead atoms. The van der Waals surface area contributed by atoms with Gasteiger partial charge < -0.3 is 9.84 Å². The van der Waals surface area contributed by atoms with Crippen LogP contribution in [0.15, 0.2) is 36.4 Å². The molecule has 3 nitrogen and oxygen atoms in total. The van der Waals surface area contributed by atoms with Crippen LogP contribution in [0, 0.1) is 0 Å². The number of methoxy groups -OCH3 is 1. The minimum atomic E-state index is -1.02. The Balaban J connectivity index is 2.59. The molecular formula is C14H10Cl2O3. The predicted octanol–water partition coefficient (Wildman–Crippen LogP) is 4.37. The molecule has 5 heteroatoms. The van der Waals surface area contributed by atoms with E-state index in [2.05, 4.69) is 0 Å². The Labute approximate surface area is 120 Å². The maximum Gasteiger partial charge on any atom is 0.335 e. The molecule has 0 aliphatic rings. The van der Waals surface area contributed by atoms with Crippen LogP contribution in [0.3, 0.4) is 0 Å². The van der Waals surface area contributed by atoms with E-state index in [4.69, 9.17) is 33.0 Å². The molecule has 98 valence electrons. The fraction of sp³-hybridized carbons (Fsp3) is 0.0714. The molecule has 0 aliphatic heterocycles. The number of aromatic carboxylic acids is 1. The molecule has 2 rings (SSSR count). The van der Waals surface area contributed by atoms with Gasteiger partial charge in [0.1, 0.15) is 5.75 Å². The summed E-state index contributed by atoms with van der Waals surface area (Å²) >= 11 is 12.1. The van der Waals surface area contributed by atoms with Crippen LogP contribution in [0.5, 0.6) is 5.75 Å². The van der Waals surface area contributed by atoms with Crippen LogP contribution in [0.2, 0.25) is 10.0 Å². The zero-order chi connectivity index (χ0) is 14.0. The standard InChI is InChI=1S/C14H10Cl2O3/c1-19-13-5-3-9(15)7-11(13)10-4-2-8(14(17)18)6-12(10)16/h2-7H,1H3,(H,17,18). The van der Waals surface area contributed by atoms with Crippen molar-refractivity contribution in [1.82, 2.24) is 0 Å². The summed E-state index contributed by atoms with van der Waals surface area (Å²) in [4.78, 5) is 10.9. The molecule has 1 N–H and O–H groups in total. The van der Waals surface area contributed by atoms with Crippen molar-refractivity contribution in [2.75, 3.05) is 7.11 Å². The fourth-order valence-electron chi connectivity index (χ4n) is 1.76. The largest absolute Gasteiger partial charge is 0.496 e.